The van der Waals surface area contributed by atoms with E-state index in [2.05, 4.69) is 0 Å². The first-order chi connectivity index (χ1) is 20.5. The molecule has 2 heterocycles. The molecule has 0 aliphatic heterocycles. The van der Waals surface area contributed by atoms with Crippen LogP contribution in [0.2, 0.25) is 0 Å². The first kappa shape index (κ1) is 24.2. The highest BCUT2D eigenvalue weighted by molar-refractivity contribution is 7.31. The molecule has 0 bridgehead atoms. The number of benzene rings is 4. The lowest BCUT2D eigenvalue weighted by Gasteiger charge is -2.10. The average Bonchev–Trinajstić information content (AvgIpc) is 3.71. The molecule has 0 radical (unpaired) electrons. The van der Waals surface area contributed by atoms with E-state index in [1.54, 1.807) is 24.3 Å². The summed E-state index contributed by atoms with van der Waals surface area (Å²) in [6, 6.07) is 25.0. The van der Waals surface area contributed by atoms with Crippen molar-refractivity contribution in [3.8, 4) is 46.5 Å². The lowest BCUT2D eigenvalue weighted by atomic mass is 9.95. The minimum atomic E-state index is -0.447. The molecule has 2 aliphatic rings. The van der Waals surface area contributed by atoms with Crippen LogP contribution in [0.15, 0.2) is 71.8 Å². The zero-order valence-corrected chi connectivity index (χ0v) is 22.8. The monoisotopic (exact) mass is 576 g/mol. The lowest BCUT2D eigenvalue weighted by Crippen LogP contribution is -1.91. The van der Waals surface area contributed by atoms with E-state index >= 15 is 8.78 Å². The Morgan fingerprint density at radius 3 is 1.24 bits per heavy atom. The first-order valence-electron chi connectivity index (χ1n) is 12.6. The molecule has 0 atom stereocenters. The number of halogens is 2. The van der Waals surface area contributed by atoms with Gasteiger partial charge in [-0.05, 0) is 34.0 Å². The van der Waals surface area contributed by atoms with E-state index in [1.807, 2.05) is 48.5 Å². The fourth-order valence-corrected chi connectivity index (χ4v) is 9.38. The van der Waals surface area contributed by atoms with Gasteiger partial charge in [0.1, 0.15) is 47.1 Å². The second-order valence-corrected chi connectivity index (χ2v) is 11.9. The Morgan fingerprint density at radius 2 is 0.881 bits per heavy atom. The standard InChI is InChI=1S/C34H10F2N4S2/c35-23-9-21-25(15(11-37)12-38)31-29(27(21)19-7-3-1-5-17(19)23)33-34(41-31)30-28-20-8-4-2-6-18(20)24(36)10-22(28)26(32(30)42-33)16(13-39)14-40/h1-10H. The Hall–Kier alpha value is -5.64. The van der Waals surface area contributed by atoms with Crippen LogP contribution in [0.3, 0.4) is 0 Å². The molecule has 6 aromatic rings. The highest BCUT2D eigenvalue weighted by atomic mass is 32.1. The zero-order chi connectivity index (χ0) is 28.9. The van der Waals surface area contributed by atoms with Crippen molar-refractivity contribution in [1.82, 2.24) is 0 Å². The number of allylic oxidation sites excluding steroid dienone is 2. The SMILES string of the molecule is N#CC(C#N)=C1c2cc(F)c3ccccc3c2-c2c1sc1c3c(sc21)C(=C(C#N)C#N)c1cc(F)c2ccccc2c1-3. The lowest BCUT2D eigenvalue weighted by molar-refractivity contribution is 0.639. The molecule has 192 valence electrons. The average molecular weight is 577 g/mol. The van der Waals surface area contributed by atoms with Crippen LogP contribution in [0.4, 0.5) is 8.78 Å². The van der Waals surface area contributed by atoms with E-state index in [9.17, 15) is 21.0 Å². The van der Waals surface area contributed by atoms with Gasteiger partial charge in [0.15, 0.2) is 0 Å². The van der Waals surface area contributed by atoms with Crippen LogP contribution >= 0.6 is 22.7 Å². The van der Waals surface area contributed by atoms with Crippen molar-refractivity contribution in [1.29, 1.82) is 21.0 Å². The van der Waals surface area contributed by atoms with Crippen LogP contribution in [0.25, 0.3) is 64.3 Å². The van der Waals surface area contributed by atoms with Crippen molar-refractivity contribution < 1.29 is 8.78 Å². The highest BCUT2D eigenvalue weighted by Crippen LogP contribution is 2.63. The molecule has 0 amide bonds. The summed E-state index contributed by atoms with van der Waals surface area (Å²) in [5.74, 6) is -0.894. The number of hydrogen-bond acceptors (Lipinski definition) is 6. The molecule has 8 rings (SSSR count). The normalized spacial score (nSPS) is 12.3. The molecular formula is C34H10F2N4S2. The van der Waals surface area contributed by atoms with E-state index < -0.39 is 11.6 Å². The molecule has 0 spiro atoms. The summed E-state index contributed by atoms with van der Waals surface area (Å²) in [6.45, 7) is 0. The van der Waals surface area contributed by atoms with Gasteiger partial charge in [0.05, 0.1) is 9.40 Å². The number of rotatable bonds is 0. The molecule has 42 heavy (non-hydrogen) atoms. The van der Waals surface area contributed by atoms with Gasteiger partial charge in [0, 0.05) is 53.9 Å². The number of fused-ring (bicyclic) bond motifs is 13. The Kier molecular flexibility index (Phi) is 4.85. The molecule has 0 fully saturated rings. The van der Waals surface area contributed by atoms with E-state index in [0.717, 1.165) is 31.7 Å². The van der Waals surface area contributed by atoms with E-state index in [-0.39, 0.29) is 11.1 Å². The van der Waals surface area contributed by atoms with Crippen LogP contribution in [-0.4, -0.2) is 0 Å². The second kappa shape index (κ2) is 8.43. The summed E-state index contributed by atoms with van der Waals surface area (Å²) >= 11 is 2.78. The zero-order valence-electron chi connectivity index (χ0n) is 21.1. The van der Waals surface area contributed by atoms with Crippen molar-refractivity contribution in [2.45, 2.75) is 0 Å². The molecule has 0 unspecified atom stereocenters. The van der Waals surface area contributed by atoms with Crippen LogP contribution in [0.1, 0.15) is 20.9 Å². The molecule has 0 N–H and O–H groups in total. The topological polar surface area (TPSA) is 95.2 Å². The molecule has 8 heteroatoms. The Balaban J connectivity index is 1.60. The molecule has 0 saturated heterocycles. The van der Waals surface area contributed by atoms with Gasteiger partial charge in [0.25, 0.3) is 0 Å². The molecule has 4 aromatic carbocycles. The van der Waals surface area contributed by atoms with Gasteiger partial charge in [-0.3, -0.25) is 0 Å². The Morgan fingerprint density at radius 1 is 0.524 bits per heavy atom. The van der Waals surface area contributed by atoms with Gasteiger partial charge in [-0.2, -0.15) is 21.0 Å². The first-order valence-corrected chi connectivity index (χ1v) is 14.3. The molecule has 2 aromatic heterocycles. The van der Waals surface area contributed by atoms with Crippen LogP contribution < -0.4 is 0 Å². The summed E-state index contributed by atoms with van der Waals surface area (Å²) in [5, 5.41) is 41.8. The van der Waals surface area contributed by atoms with E-state index in [4.69, 9.17) is 0 Å². The summed E-state index contributed by atoms with van der Waals surface area (Å²) in [5.41, 5.74) is 4.60. The van der Waals surface area contributed by atoms with Gasteiger partial charge >= 0.3 is 0 Å². The number of hydrogen-bond donors (Lipinski definition) is 0. The van der Waals surface area contributed by atoms with Crippen molar-refractivity contribution in [2.24, 2.45) is 0 Å². The molecule has 2 aliphatic carbocycles. The predicted molar refractivity (Wildman–Crippen MR) is 160 cm³/mol. The number of nitrogens with zero attached hydrogens (tertiary/aromatic N) is 4. The van der Waals surface area contributed by atoms with Gasteiger partial charge in [0.2, 0.25) is 0 Å². The minimum Gasteiger partial charge on any atom is -0.206 e. The Bertz CT molecular complexity index is 2330. The summed E-state index contributed by atoms with van der Waals surface area (Å²) in [4.78, 5) is 1.38. The van der Waals surface area contributed by atoms with Gasteiger partial charge in [-0.15, -0.1) is 22.7 Å². The summed E-state index contributed by atoms with van der Waals surface area (Å²) in [7, 11) is 0. The van der Waals surface area contributed by atoms with Gasteiger partial charge < -0.3 is 0 Å². The second-order valence-electron chi connectivity index (χ2n) is 9.87. The molecular weight excluding hydrogens is 567 g/mol. The molecule has 0 saturated carbocycles. The molecule has 4 nitrogen and oxygen atoms in total. The fraction of sp³-hybridized carbons (Fsp3) is 0. The number of thiophene rings is 2. The van der Waals surface area contributed by atoms with Gasteiger partial charge in [-0.25, -0.2) is 8.78 Å². The third kappa shape index (κ3) is 2.82. The maximum absolute atomic E-state index is 15.3. The van der Waals surface area contributed by atoms with Crippen LogP contribution in [0, 0.1) is 57.0 Å². The smallest absolute Gasteiger partial charge is 0.138 e. The van der Waals surface area contributed by atoms with Crippen molar-refractivity contribution in [2.75, 3.05) is 0 Å². The minimum absolute atomic E-state index is 0.111. The van der Waals surface area contributed by atoms with Crippen molar-refractivity contribution in [3.05, 3.63) is 104 Å². The van der Waals surface area contributed by atoms with Crippen LogP contribution in [0.5, 0.6) is 0 Å². The van der Waals surface area contributed by atoms with Crippen LogP contribution in [-0.2, 0) is 0 Å². The fourth-order valence-electron chi connectivity index (χ4n) is 6.35. The maximum Gasteiger partial charge on any atom is 0.138 e. The largest absolute Gasteiger partial charge is 0.206 e. The highest BCUT2D eigenvalue weighted by Gasteiger charge is 2.39. The predicted octanol–water partition coefficient (Wildman–Crippen LogP) is 9.21. The third-order valence-electron chi connectivity index (χ3n) is 7.95. The summed E-state index contributed by atoms with van der Waals surface area (Å²) < 4.78 is 32.4. The van der Waals surface area contributed by atoms with E-state index in [0.29, 0.717) is 53.6 Å². The third-order valence-corrected chi connectivity index (χ3v) is 10.5. The van der Waals surface area contributed by atoms with Crippen molar-refractivity contribution in [3.63, 3.8) is 0 Å². The summed E-state index contributed by atoms with van der Waals surface area (Å²) in [6.07, 6.45) is 0. The Labute approximate surface area is 244 Å². The number of nitriles is 4. The maximum atomic E-state index is 15.3. The van der Waals surface area contributed by atoms with Gasteiger partial charge in [-0.1, -0.05) is 48.5 Å². The quantitative estimate of drug-likeness (QED) is 0.168. The van der Waals surface area contributed by atoms with Crippen molar-refractivity contribution >= 4 is 64.8 Å². The van der Waals surface area contributed by atoms with E-state index in [1.165, 1.54) is 34.8 Å².